The molecule has 0 spiro atoms. The van der Waals surface area contributed by atoms with Crippen molar-refractivity contribution in [2.24, 2.45) is 0 Å². The highest BCUT2D eigenvalue weighted by molar-refractivity contribution is 7.07. The largest absolute Gasteiger partial charge is 0.463 e. The molecule has 1 unspecified atom stereocenters. The lowest BCUT2D eigenvalue weighted by Gasteiger charge is -2.33. The average Bonchev–Trinajstić information content (AvgIpc) is 3.03. The summed E-state index contributed by atoms with van der Waals surface area (Å²) in [5, 5.41) is 8.94. The number of thiazole rings is 1. The van der Waals surface area contributed by atoms with E-state index in [1.165, 1.54) is 10.6 Å². The number of benzene rings is 1. The first-order valence-corrected chi connectivity index (χ1v) is 11.1. The van der Waals surface area contributed by atoms with Gasteiger partial charge in [0.25, 0.3) is 5.56 Å². The number of nitriles is 1. The van der Waals surface area contributed by atoms with Gasteiger partial charge in [-0.05, 0) is 56.9 Å². The van der Waals surface area contributed by atoms with Gasteiger partial charge in [0.2, 0.25) is 5.91 Å². The minimum atomic E-state index is -0.554. The third-order valence-electron chi connectivity index (χ3n) is 5.22. The van der Waals surface area contributed by atoms with Gasteiger partial charge < -0.3 is 9.64 Å². The van der Waals surface area contributed by atoms with Crippen LogP contribution in [0.2, 0.25) is 0 Å². The molecular weight excluding hydrogens is 414 g/mol. The third kappa shape index (κ3) is 5.50. The summed E-state index contributed by atoms with van der Waals surface area (Å²) in [5.74, 6) is -0.684. The summed E-state index contributed by atoms with van der Waals surface area (Å²) in [4.78, 5) is 39.9. The molecule has 1 atom stereocenters. The van der Waals surface area contributed by atoms with Crippen LogP contribution >= 0.6 is 11.3 Å². The predicted octanol–water partition coefficient (Wildman–Crippen LogP) is 1.35. The molecule has 31 heavy (non-hydrogen) atoms. The van der Waals surface area contributed by atoms with Gasteiger partial charge in [0.15, 0.2) is 0 Å². The van der Waals surface area contributed by atoms with Crippen LogP contribution in [0.3, 0.4) is 0 Å². The van der Waals surface area contributed by atoms with Gasteiger partial charge in [-0.15, -0.1) is 11.3 Å². The molecule has 2 heterocycles. The fourth-order valence-electron chi connectivity index (χ4n) is 3.58. The zero-order valence-corrected chi connectivity index (χ0v) is 18.5. The van der Waals surface area contributed by atoms with Gasteiger partial charge >= 0.3 is 5.97 Å². The summed E-state index contributed by atoms with van der Waals surface area (Å²) >= 11 is 1.14. The van der Waals surface area contributed by atoms with Crippen molar-refractivity contribution in [2.75, 3.05) is 13.2 Å². The number of hydrogen-bond acceptors (Lipinski definition) is 6. The number of amides is 1. The minimum Gasteiger partial charge on any atom is -0.463 e. The van der Waals surface area contributed by atoms with Crippen LogP contribution in [0.15, 0.2) is 29.1 Å². The van der Waals surface area contributed by atoms with Crippen molar-refractivity contribution in [1.29, 1.82) is 5.26 Å². The number of carbonyl (C=O) groups is 2. The lowest BCUT2D eigenvalue weighted by Crippen LogP contribution is -2.46. The number of ether oxygens (including phenoxy) is 1. The van der Waals surface area contributed by atoms with Gasteiger partial charge in [-0.3, -0.25) is 14.2 Å². The number of esters is 1. The van der Waals surface area contributed by atoms with Crippen molar-refractivity contribution in [1.82, 2.24) is 9.47 Å². The quantitative estimate of drug-likeness (QED) is 0.656. The molecule has 7 nitrogen and oxygen atoms in total. The Morgan fingerprint density at radius 3 is 2.68 bits per heavy atom. The van der Waals surface area contributed by atoms with Gasteiger partial charge in [0.1, 0.15) is 11.2 Å². The standard InChI is InChI=1S/C23H25N3O4S/c1-3-30-22(28)13-21-26(15-20(27)25-11-5-4-6-16(25)2)23(29)19(31-21)12-17-7-9-18(14-24)10-8-17/h7-10,12-13,16H,3-6,11,15H2,1-2H3/b19-12+,21-13-. The first-order valence-electron chi connectivity index (χ1n) is 10.3. The number of piperidine rings is 1. The van der Waals surface area contributed by atoms with E-state index in [1.54, 1.807) is 37.3 Å². The monoisotopic (exact) mass is 439 g/mol. The molecule has 0 radical (unpaired) electrons. The van der Waals surface area contributed by atoms with Crippen molar-refractivity contribution < 1.29 is 14.3 Å². The van der Waals surface area contributed by atoms with E-state index in [9.17, 15) is 14.4 Å². The second kappa shape index (κ2) is 10.2. The van der Waals surface area contributed by atoms with Crippen molar-refractivity contribution in [2.45, 2.75) is 45.7 Å². The number of nitrogens with zero attached hydrogens (tertiary/aromatic N) is 3. The smallest absolute Gasteiger partial charge is 0.333 e. The van der Waals surface area contributed by atoms with Crippen LogP contribution in [0, 0.1) is 11.3 Å². The minimum absolute atomic E-state index is 0.119. The van der Waals surface area contributed by atoms with Gasteiger partial charge in [0, 0.05) is 12.6 Å². The molecule has 3 rings (SSSR count). The van der Waals surface area contributed by atoms with Gasteiger partial charge in [-0.25, -0.2) is 4.79 Å². The molecule has 2 aromatic rings. The molecule has 0 saturated carbocycles. The fourth-order valence-corrected chi connectivity index (χ4v) is 4.61. The van der Waals surface area contributed by atoms with Gasteiger partial charge in [-0.1, -0.05) is 12.1 Å². The van der Waals surface area contributed by atoms with Crippen molar-refractivity contribution in [3.8, 4) is 6.07 Å². The molecular formula is C23H25N3O4S. The fraction of sp³-hybridized carbons (Fsp3) is 0.391. The summed E-state index contributed by atoms with van der Waals surface area (Å²) in [6.45, 7) is 4.51. The predicted molar refractivity (Wildman–Crippen MR) is 119 cm³/mol. The summed E-state index contributed by atoms with van der Waals surface area (Å²) in [7, 11) is 0. The van der Waals surface area contributed by atoms with Crippen LogP contribution in [0.25, 0.3) is 12.2 Å². The van der Waals surface area contributed by atoms with Crippen molar-refractivity contribution >= 4 is 35.4 Å². The summed E-state index contributed by atoms with van der Waals surface area (Å²) in [6, 6.07) is 9.03. The van der Waals surface area contributed by atoms with Crippen molar-refractivity contribution in [3.63, 3.8) is 0 Å². The molecule has 1 fully saturated rings. The number of aromatic nitrogens is 1. The Balaban J connectivity index is 2.02. The van der Waals surface area contributed by atoms with E-state index in [0.717, 1.165) is 36.2 Å². The topological polar surface area (TPSA) is 92.4 Å². The lowest BCUT2D eigenvalue weighted by molar-refractivity contribution is -0.136. The van der Waals surface area contributed by atoms with E-state index in [0.29, 0.717) is 21.3 Å². The summed E-state index contributed by atoms with van der Waals surface area (Å²) < 4.78 is 7.12. The van der Waals surface area contributed by atoms with Crippen molar-refractivity contribution in [3.05, 3.63) is 54.9 Å². The van der Waals surface area contributed by atoms with E-state index in [4.69, 9.17) is 10.00 Å². The van der Waals surface area contributed by atoms with E-state index < -0.39 is 5.97 Å². The zero-order valence-electron chi connectivity index (χ0n) is 17.7. The molecule has 0 bridgehead atoms. The number of likely N-dealkylation sites (tertiary alicyclic amines) is 1. The van der Waals surface area contributed by atoms with Crippen LogP contribution < -0.4 is 14.8 Å². The Labute approximate surface area is 184 Å². The summed E-state index contributed by atoms with van der Waals surface area (Å²) in [6.07, 6.45) is 5.95. The van der Waals surface area contributed by atoms with Gasteiger partial charge in [0.05, 0.1) is 28.8 Å². The molecule has 1 aliphatic heterocycles. The van der Waals surface area contributed by atoms with Crippen LogP contribution in [-0.4, -0.2) is 40.5 Å². The van der Waals surface area contributed by atoms with E-state index >= 15 is 0 Å². The number of rotatable bonds is 5. The molecule has 1 aliphatic rings. The average molecular weight is 440 g/mol. The molecule has 0 N–H and O–H groups in total. The maximum absolute atomic E-state index is 13.1. The lowest BCUT2D eigenvalue weighted by atomic mass is 10.0. The second-order valence-electron chi connectivity index (χ2n) is 7.40. The third-order valence-corrected chi connectivity index (χ3v) is 6.28. The Morgan fingerprint density at radius 1 is 1.29 bits per heavy atom. The molecule has 162 valence electrons. The van der Waals surface area contributed by atoms with Crippen LogP contribution in [0.5, 0.6) is 0 Å². The second-order valence-corrected chi connectivity index (χ2v) is 8.46. The maximum Gasteiger partial charge on any atom is 0.333 e. The Hall–Kier alpha value is -3.18. The molecule has 1 aromatic heterocycles. The summed E-state index contributed by atoms with van der Waals surface area (Å²) in [5.41, 5.74) is 0.949. The first-order chi connectivity index (χ1) is 14.9. The molecule has 1 aromatic carbocycles. The molecule has 0 aliphatic carbocycles. The normalized spacial score (nSPS) is 17.5. The highest BCUT2D eigenvalue weighted by Gasteiger charge is 2.24. The van der Waals surface area contributed by atoms with Crippen LogP contribution in [0.4, 0.5) is 0 Å². The van der Waals surface area contributed by atoms with Crippen LogP contribution in [0.1, 0.15) is 44.2 Å². The molecule has 1 saturated heterocycles. The van der Waals surface area contributed by atoms with E-state index in [1.807, 2.05) is 11.8 Å². The maximum atomic E-state index is 13.1. The van der Waals surface area contributed by atoms with E-state index in [-0.39, 0.29) is 30.7 Å². The number of carbonyl (C=O) groups excluding carboxylic acids is 2. The Morgan fingerprint density at radius 2 is 2.03 bits per heavy atom. The first kappa shape index (κ1) is 22.5. The number of hydrogen-bond donors (Lipinski definition) is 0. The van der Waals surface area contributed by atoms with Crippen LogP contribution in [-0.2, 0) is 20.9 Å². The highest BCUT2D eigenvalue weighted by Crippen LogP contribution is 2.16. The zero-order chi connectivity index (χ0) is 22.4. The SMILES string of the molecule is CCOC(=O)/C=c1\s/c(=C/c2ccc(C#N)cc2)c(=O)n1CC(=O)N1CCCCC1C. The molecule has 1 amide bonds. The van der Waals surface area contributed by atoms with E-state index in [2.05, 4.69) is 6.07 Å². The van der Waals surface area contributed by atoms with Gasteiger partial charge in [-0.2, -0.15) is 5.26 Å². The molecule has 8 heteroatoms. The Kier molecular flexibility index (Phi) is 7.42. The Bertz CT molecular complexity index is 1170. The highest BCUT2D eigenvalue weighted by atomic mass is 32.1.